The molecule has 1 amide bonds. The lowest BCUT2D eigenvalue weighted by Crippen LogP contribution is -2.48. The second kappa shape index (κ2) is 8.06. The van der Waals surface area contributed by atoms with E-state index in [4.69, 9.17) is 9.47 Å². The number of carbonyl (C=O) groups excluding carboxylic acids is 1. The Kier molecular flexibility index (Phi) is 6.34. The van der Waals surface area contributed by atoms with Gasteiger partial charge in [-0.2, -0.15) is 0 Å². The van der Waals surface area contributed by atoms with Crippen LogP contribution in [0.15, 0.2) is 29.2 Å². The zero-order chi connectivity index (χ0) is 17.7. The van der Waals surface area contributed by atoms with E-state index in [1.807, 2.05) is 13.8 Å². The lowest BCUT2D eigenvalue weighted by Gasteiger charge is -2.35. The van der Waals surface area contributed by atoms with Crippen molar-refractivity contribution in [3.8, 4) is 0 Å². The molecule has 0 radical (unpaired) electrons. The molecule has 1 saturated heterocycles. The predicted molar refractivity (Wildman–Crippen MR) is 89.4 cm³/mol. The van der Waals surface area contributed by atoms with E-state index < -0.39 is 10.0 Å². The highest BCUT2D eigenvalue weighted by Crippen LogP contribution is 2.17. The van der Waals surface area contributed by atoms with Crippen LogP contribution in [-0.2, 0) is 19.5 Å². The van der Waals surface area contributed by atoms with Gasteiger partial charge in [-0.3, -0.25) is 4.79 Å². The Labute approximate surface area is 143 Å². The topological polar surface area (TPSA) is 84.9 Å². The molecule has 1 fully saturated rings. The van der Waals surface area contributed by atoms with E-state index in [1.54, 1.807) is 17.0 Å². The second-order valence-corrected chi connectivity index (χ2v) is 7.65. The van der Waals surface area contributed by atoms with Crippen LogP contribution >= 0.6 is 0 Å². The van der Waals surface area contributed by atoms with Crippen LogP contribution in [0.2, 0.25) is 0 Å². The highest BCUT2D eigenvalue weighted by Gasteiger charge is 2.27. The molecule has 0 saturated carbocycles. The number of carbonyl (C=O) groups is 1. The number of rotatable bonds is 6. The molecule has 7 nitrogen and oxygen atoms in total. The molecule has 1 aromatic rings. The third-order valence-corrected chi connectivity index (χ3v) is 5.16. The lowest BCUT2D eigenvalue weighted by atomic mass is 10.1. The molecule has 8 heteroatoms. The minimum atomic E-state index is -3.67. The van der Waals surface area contributed by atoms with Crippen LogP contribution in [0.3, 0.4) is 0 Å². The Morgan fingerprint density at radius 3 is 2.62 bits per heavy atom. The molecule has 0 spiro atoms. The minimum Gasteiger partial charge on any atom is -0.383 e. The van der Waals surface area contributed by atoms with Crippen LogP contribution in [0.4, 0.5) is 0 Å². The Morgan fingerprint density at radius 2 is 2.00 bits per heavy atom. The van der Waals surface area contributed by atoms with Gasteiger partial charge in [-0.15, -0.1) is 0 Å². The van der Waals surface area contributed by atoms with Crippen molar-refractivity contribution in [2.24, 2.45) is 0 Å². The maximum Gasteiger partial charge on any atom is 0.254 e. The van der Waals surface area contributed by atoms with Crippen LogP contribution in [0.25, 0.3) is 0 Å². The molecular formula is C16H24N2O5S. The van der Waals surface area contributed by atoms with Gasteiger partial charge in [-0.1, -0.05) is 6.07 Å². The Balaban J connectivity index is 2.16. The van der Waals surface area contributed by atoms with Gasteiger partial charge in [0.25, 0.3) is 5.91 Å². The number of ether oxygens (including phenoxy) is 2. The number of methoxy groups -OCH3 is 1. The number of hydrogen-bond donors (Lipinski definition) is 1. The van der Waals surface area contributed by atoms with Crippen LogP contribution in [0, 0.1) is 0 Å². The van der Waals surface area contributed by atoms with E-state index >= 15 is 0 Å². The van der Waals surface area contributed by atoms with Crippen LogP contribution in [0.5, 0.6) is 0 Å². The number of nitrogens with one attached hydrogen (secondary N) is 1. The molecule has 2 unspecified atom stereocenters. The van der Waals surface area contributed by atoms with E-state index in [0.717, 1.165) is 0 Å². The molecule has 1 aliphatic rings. The van der Waals surface area contributed by atoms with Crippen molar-refractivity contribution in [2.75, 3.05) is 33.4 Å². The number of morpholine rings is 1. The van der Waals surface area contributed by atoms with Gasteiger partial charge < -0.3 is 14.4 Å². The average Bonchev–Trinajstić information content (AvgIpc) is 2.53. The summed E-state index contributed by atoms with van der Waals surface area (Å²) in [5, 5.41) is 0. The maximum absolute atomic E-state index is 12.7. The molecule has 0 bridgehead atoms. The first-order valence-corrected chi connectivity index (χ1v) is 9.35. The van der Waals surface area contributed by atoms with Crippen molar-refractivity contribution in [1.29, 1.82) is 0 Å². The Bertz CT molecular complexity index is 667. The van der Waals surface area contributed by atoms with Gasteiger partial charge in [0, 0.05) is 32.3 Å². The summed E-state index contributed by atoms with van der Waals surface area (Å²) in [6, 6.07) is 6.07. The molecule has 134 valence electrons. The van der Waals surface area contributed by atoms with Gasteiger partial charge in [-0.05, 0) is 32.0 Å². The predicted octanol–water partition coefficient (Wildman–Crippen LogP) is 0.861. The lowest BCUT2D eigenvalue weighted by molar-refractivity contribution is -0.0586. The van der Waals surface area contributed by atoms with Gasteiger partial charge in [0.05, 0.1) is 23.7 Å². The molecule has 2 atom stereocenters. The summed E-state index contributed by atoms with van der Waals surface area (Å²) >= 11 is 0. The molecule has 1 aromatic carbocycles. The summed E-state index contributed by atoms with van der Waals surface area (Å²) in [4.78, 5) is 14.4. The van der Waals surface area contributed by atoms with Crippen molar-refractivity contribution in [3.05, 3.63) is 29.8 Å². The number of sulfonamides is 1. The van der Waals surface area contributed by atoms with Gasteiger partial charge in [0.1, 0.15) is 0 Å². The van der Waals surface area contributed by atoms with Crippen molar-refractivity contribution in [3.63, 3.8) is 0 Å². The zero-order valence-corrected chi connectivity index (χ0v) is 15.0. The normalized spacial score (nSPS) is 21.7. The van der Waals surface area contributed by atoms with Crippen LogP contribution in [-0.4, -0.2) is 64.8 Å². The molecule has 24 heavy (non-hydrogen) atoms. The monoisotopic (exact) mass is 356 g/mol. The molecule has 0 aliphatic carbocycles. The molecule has 0 aromatic heterocycles. The number of hydrogen-bond acceptors (Lipinski definition) is 5. The van der Waals surface area contributed by atoms with Crippen LogP contribution in [0.1, 0.15) is 24.2 Å². The van der Waals surface area contributed by atoms with Gasteiger partial charge >= 0.3 is 0 Å². The van der Waals surface area contributed by atoms with Crippen molar-refractivity contribution < 1.29 is 22.7 Å². The van der Waals surface area contributed by atoms with Gasteiger partial charge in [0.15, 0.2) is 0 Å². The first kappa shape index (κ1) is 18.9. The maximum atomic E-state index is 12.7. The summed E-state index contributed by atoms with van der Waals surface area (Å²) in [5.74, 6) is -0.189. The average molecular weight is 356 g/mol. The molecule has 1 heterocycles. The highest BCUT2D eigenvalue weighted by atomic mass is 32.2. The van der Waals surface area contributed by atoms with Crippen molar-refractivity contribution in [1.82, 2.24) is 9.62 Å². The second-order valence-electron chi connectivity index (χ2n) is 5.89. The van der Waals surface area contributed by atoms with E-state index in [0.29, 0.717) is 18.7 Å². The standard InChI is InChI=1S/C16H24N2O5S/c1-12-10-18(11-13(2)23-12)16(19)14-5-4-6-15(9-14)24(20,21)17-7-8-22-3/h4-6,9,12-13,17H,7-8,10-11H2,1-3H3. The summed E-state index contributed by atoms with van der Waals surface area (Å²) in [6.07, 6.45) is -0.0827. The van der Waals surface area contributed by atoms with Crippen molar-refractivity contribution in [2.45, 2.75) is 31.0 Å². The van der Waals surface area contributed by atoms with E-state index in [-0.39, 0.29) is 36.2 Å². The molecule has 1 aliphatic heterocycles. The fourth-order valence-corrected chi connectivity index (χ4v) is 3.74. The summed E-state index contributed by atoms with van der Waals surface area (Å²) in [5.41, 5.74) is 0.353. The Morgan fingerprint density at radius 1 is 1.33 bits per heavy atom. The van der Waals surface area contributed by atoms with Gasteiger partial charge in [-0.25, -0.2) is 13.1 Å². The molecular weight excluding hydrogens is 332 g/mol. The zero-order valence-electron chi connectivity index (χ0n) is 14.2. The van der Waals surface area contributed by atoms with E-state index in [1.165, 1.54) is 19.2 Å². The third kappa shape index (κ3) is 4.76. The number of nitrogens with zero attached hydrogens (tertiary/aromatic N) is 1. The van der Waals surface area contributed by atoms with E-state index in [2.05, 4.69) is 4.72 Å². The SMILES string of the molecule is COCCNS(=O)(=O)c1cccc(C(=O)N2CC(C)OC(C)C2)c1. The first-order chi connectivity index (χ1) is 11.3. The molecule has 1 N–H and O–H groups in total. The third-order valence-electron chi connectivity index (χ3n) is 3.70. The van der Waals surface area contributed by atoms with E-state index in [9.17, 15) is 13.2 Å². The highest BCUT2D eigenvalue weighted by molar-refractivity contribution is 7.89. The fraction of sp³-hybridized carbons (Fsp3) is 0.562. The molecule has 2 rings (SSSR count). The van der Waals surface area contributed by atoms with Crippen LogP contribution < -0.4 is 4.72 Å². The quantitative estimate of drug-likeness (QED) is 0.764. The Hall–Kier alpha value is -1.48. The fourth-order valence-electron chi connectivity index (χ4n) is 2.68. The summed E-state index contributed by atoms with van der Waals surface area (Å²) in [6.45, 7) is 5.27. The summed E-state index contributed by atoms with van der Waals surface area (Å²) in [7, 11) is -2.17. The smallest absolute Gasteiger partial charge is 0.254 e. The summed E-state index contributed by atoms with van der Waals surface area (Å²) < 4.78 is 37.4. The van der Waals surface area contributed by atoms with Gasteiger partial charge in [0.2, 0.25) is 10.0 Å². The number of benzene rings is 1. The van der Waals surface area contributed by atoms with Crippen molar-refractivity contribution >= 4 is 15.9 Å². The minimum absolute atomic E-state index is 0.0414. The first-order valence-electron chi connectivity index (χ1n) is 7.87. The number of amides is 1. The largest absolute Gasteiger partial charge is 0.383 e.